The predicted octanol–water partition coefficient (Wildman–Crippen LogP) is 9.24. The van der Waals surface area contributed by atoms with Crippen molar-refractivity contribution in [1.29, 1.82) is 0 Å². The quantitative estimate of drug-likeness (QED) is 0.127. The van der Waals surface area contributed by atoms with Crippen LogP contribution in [0.1, 0.15) is 98.6 Å². The molecule has 1 fully saturated rings. The number of alkyl halides is 2. The van der Waals surface area contributed by atoms with E-state index >= 15 is 0 Å². The average Bonchev–Trinajstić information content (AvgIpc) is 2.95. The minimum atomic E-state index is -2.88. The van der Waals surface area contributed by atoms with Gasteiger partial charge in [0.2, 0.25) is 0 Å². The highest BCUT2D eigenvalue weighted by molar-refractivity contribution is 6.03. The molecule has 0 spiro atoms. The summed E-state index contributed by atoms with van der Waals surface area (Å²) in [7, 11) is 1.68. The van der Waals surface area contributed by atoms with E-state index in [1.165, 1.54) is 17.7 Å². The molecule has 0 unspecified atom stereocenters. The fourth-order valence-electron chi connectivity index (χ4n) is 4.55. The Balaban J connectivity index is 2.74. The van der Waals surface area contributed by atoms with Crippen LogP contribution in [0, 0.1) is 11.7 Å². The van der Waals surface area contributed by atoms with E-state index in [0.29, 0.717) is 11.8 Å². The zero-order valence-corrected chi connectivity index (χ0v) is 25.9. The van der Waals surface area contributed by atoms with Crippen LogP contribution in [0.5, 0.6) is 0 Å². The summed E-state index contributed by atoms with van der Waals surface area (Å²) >= 11 is 0. The summed E-state index contributed by atoms with van der Waals surface area (Å²) in [5.74, 6) is 1.17. The Bertz CT molecular complexity index is 1170. The van der Waals surface area contributed by atoms with Crippen molar-refractivity contribution in [2.24, 2.45) is 10.9 Å². The van der Waals surface area contributed by atoms with Crippen LogP contribution in [0.4, 0.5) is 13.2 Å². The van der Waals surface area contributed by atoms with E-state index in [9.17, 15) is 13.2 Å². The molecular weight excluding hydrogens is 511 g/mol. The first-order valence-electron chi connectivity index (χ1n) is 14.4. The van der Waals surface area contributed by atoms with Crippen molar-refractivity contribution in [2.45, 2.75) is 94.0 Å². The first-order valence-corrected chi connectivity index (χ1v) is 14.4. The third-order valence-electron chi connectivity index (χ3n) is 8.12. The van der Waals surface area contributed by atoms with Crippen LogP contribution < -0.4 is 5.32 Å². The van der Waals surface area contributed by atoms with Gasteiger partial charge >= 0.3 is 0 Å². The van der Waals surface area contributed by atoms with E-state index in [1.807, 2.05) is 20.8 Å². The molecule has 0 radical (unpaired) electrons. The van der Waals surface area contributed by atoms with Crippen molar-refractivity contribution in [1.82, 2.24) is 10.2 Å². The monoisotopic (exact) mass is 559 g/mol. The van der Waals surface area contributed by atoms with Crippen LogP contribution in [-0.4, -0.2) is 30.9 Å². The van der Waals surface area contributed by atoms with Crippen molar-refractivity contribution in [2.75, 3.05) is 20.2 Å². The second-order valence-electron chi connectivity index (χ2n) is 10.8. The second kappa shape index (κ2) is 15.7. The molecule has 0 amide bonds. The molecule has 1 N–H and O–H groups in total. The summed E-state index contributed by atoms with van der Waals surface area (Å²) in [6.07, 6.45) is 3.14. The molecule has 7 heteroatoms. The summed E-state index contributed by atoms with van der Waals surface area (Å²) in [5.41, 5.74) is 5.69. The molecule has 40 heavy (non-hydrogen) atoms. The summed E-state index contributed by atoms with van der Waals surface area (Å²) in [4.78, 5) is 7.37. The topological polar surface area (TPSA) is 36.9 Å². The first-order chi connectivity index (χ1) is 18.9. The van der Waals surface area contributed by atoms with E-state index in [1.54, 1.807) is 7.11 Å². The maximum Gasteiger partial charge on any atom is 0.266 e. The van der Waals surface area contributed by atoms with Gasteiger partial charge < -0.3 is 15.0 Å². The Hall–Kier alpha value is -2.96. The molecular formula is C33H48F3N3O. The third-order valence-corrected chi connectivity index (χ3v) is 8.12. The zero-order valence-electron chi connectivity index (χ0n) is 25.9. The van der Waals surface area contributed by atoms with Crippen molar-refractivity contribution in [3.8, 4) is 0 Å². The number of benzene rings is 1. The lowest BCUT2D eigenvalue weighted by molar-refractivity contribution is 0.146. The van der Waals surface area contributed by atoms with Crippen LogP contribution in [0.15, 0.2) is 68.7 Å². The highest BCUT2D eigenvalue weighted by atomic mass is 19.3. The molecule has 1 aromatic carbocycles. The van der Waals surface area contributed by atoms with Gasteiger partial charge in [-0.3, -0.25) is 0 Å². The summed E-state index contributed by atoms with van der Waals surface area (Å²) in [6.45, 7) is 18.5. The van der Waals surface area contributed by atoms with Gasteiger partial charge in [0.15, 0.2) is 0 Å². The minimum absolute atomic E-state index is 0.0169. The van der Waals surface area contributed by atoms with Gasteiger partial charge in [0.25, 0.3) is 6.43 Å². The number of likely N-dealkylation sites (tertiary alicyclic amines) is 1. The third kappa shape index (κ3) is 8.77. The largest absolute Gasteiger partial charge is 0.499 e. The Labute approximate surface area is 239 Å². The number of allylic oxidation sites excluding steroid dienone is 5. The van der Waals surface area contributed by atoms with E-state index in [2.05, 4.69) is 50.9 Å². The number of aliphatic imine (C=N–C) groups is 1. The lowest BCUT2D eigenvalue weighted by atomic mass is 9.95. The molecule has 1 saturated heterocycles. The molecule has 0 aromatic heterocycles. The van der Waals surface area contributed by atoms with Crippen LogP contribution in [0.25, 0.3) is 0 Å². The maximum atomic E-state index is 15.0. The molecule has 222 valence electrons. The fourth-order valence-corrected chi connectivity index (χ4v) is 4.55. The lowest BCUT2D eigenvalue weighted by Gasteiger charge is -2.34. The highest BCUT2D eigenvalue weighted by Gasteiger charge is 2.22. The van der Waals surface area contributed by atoms with Gasteiger partial charge in [0, 0.05) is 36.5 Å². The molecule has 0 aliphatic carbocycles. The zero-order chi connectivity index (χ0) is 30.0. The number of rotatable bonds is 11. The molecule has 1 heterocycles. The van der Waals surface area contributed by atoms with Crippen molar-refractivity contribution >= 4 is 5.84 Å². The van der Waals surface area contributed by atoms with Gasteiger partial charge in [-0.05, 0) is 77.9 Å². The van der Waals surface area contributed by atoms with Gasteiger partial charge in [-0.15, -0.1) is 0 Å². The van der Waals surface area contributed by atoms with Gasteiger partial charge in [-0.1, -0.05) is 50.1 Å². The van der Waals surface area contributed by atoms with Crippen molar-refractivity contribution in [3.05, 3.63) is 80.7 Å². The second-order valence-corrected chi connectivity index (χ2v) is 10.8. The number of hydrogen-bond acceptors (Lipinski definition) is 3. The first kappa shape index (κ1) is 33.2. The smallest absolute Gasteiger partial charge is 0.266 e. The number of halogens is 3. The van der Waals surface area contributed by atoms with Crippen molar-refractivity contribution in [3.63, 3.8) is 0 Å². The lowest BCUT2D eigenvalue weighted by Crippen LogP contribution is -2.33. The van der Waals surface area contributed by atoms with Crippen LogP contribution in [-0.2, 0) is 11.3 Å². The number of hydrogen-bond donors (Lipinski definition) is 1. The normalized spacial score (nSPS) is 17.5. The van der Waals surface area contributed by atoms with Gasteiger partial charge in [0.1, 0.15) is 17.4 Å². The molecule has 2 rings (SSSR count). The number of methoxy groups -OCH3 is 1. The number of nitrogens with zero attached hydrogens (tertiary/aromatic N) is 2. The number of piperidine rings is 1. The summed E-state index contributed by atoms with van der Waals surface area (Å²) < 4.78 is 47.5. The summed E-state index contributed by atoms with van der Waals surface area (Å²) in [5, 5.41) is 3.33. The van der Waals surface area contributed by atoms with Crippen molar-refractivity contribution < 1.29 is 17.9 Å². The van der Waals surface area contributed by atoms with E-state index < -0.39 is 17.8 Å². The number of nitrogens with one attached hydrogen (secondary N) is 1. The molecule has 0 atom stereocenters. The Morgan fingerprint density at radius 1 is 1.07 bits per heavy atom. The van der Waals surface area contributed by atoms with Gasteiger partial charge in [0.05, 0.1) is 18.4 Å². The molecule has 1 aliphatic rings. The maximum absolute atomic E-state index is 15.0. The predicted molar refractivity (Wildman–Crippen MR) is 161 cm³/mol. The van der Waals surface area contributed by atoms with Crippen LogP contribution >= 0.6 is 0 Å². The average molecular weight is 560 g/mol. The van der Waals surface area contributed by atoms with E-state index in [4.69, 9.17) is 9.73 Å². The van der Waals surface area contributed by atoms with Gasteiger partial charge in [-0.2, -0.15) is 0 Å². The van der Waals surface area contributed by atoms with E-state index in [0.717, 1.165) is 78.7 Å². The number of ether oxygens (including phenoxy) is 1. The molecule has 4 nitrogen and oxygen atoms in total. The molecule has 1 aliphatic heterocycles. The SMILES string of the molecule is CC/C(C)=C(C)\N=C(NCc1cccc(C(F)F)c1F)/C(=C/C(=C(\C)OC)N1CCC(C)CC1)C(/C)=C(/C)CC. The Morgan fingerprint density at radius 2 is 1.70 bits per heavy atom. The Morgan fingerprint density at radius 3 is 2.25 bits per heavy atom. The number of amidine groups is 1. The van der Waals surface area contributed by atoms with Crippen LogP contribution in [0.3, 0.4) is 0 Å². The molecule has 0 saturated carbocycles. The van der Waals surface area contributed by atoms with E-state index in [-0.39, 0.29) is 12.1 Å². The highest BCUT2D eigenvalue weighted by Crippen LogP contribution is 2.28. The fraction of sp³-hybridized carbons (Fsp3) is 0.545. The standard InChI is InChI=1S/C33H48F3N3O/c1-10-22(4)24(6)29(19-30(26(8)40-9)39-17-15-21(3)16-18-39)33(38-25(7)23(5)11-2)37-20-27-13-12-14-28(31(27)34)32(35)36/h12-14,19,21,32H,10-11,15-18,20H2,1-9H3,(H,37,38)/b24-22-,25-23-,29-19+,30-26-. The molecule has 0 bridgehead atoms. The Kier molecular flexibility index (Phi) is 13.1. The molecule has 1 aromatic rings. The summed E-state index contributed by atoms with van der Waals surface area (Å²) in [6, 6.07) is 4.13. The van der Waals surface area contributed by atoms with Gasteiger partial charge in [-0.25, -0.2) is 18.2 Å². The van der Waals surface area contributed by atoms with Crippen LogP contribution in [0.2, 0.25) is 0 Å². The minimum Gasteiger partial charge on any atom is -0.499 e.